The van der Waals surface area contributed by atoms with Gasteiger partial charge in [-0.05, 0) is 29.8 Å². The molecule has 2 aromatic carbocycles. The van der Waals surface area contributed by atoms with Crippen LogP contribution in [0.25, 0.3) is 10.8 Å². The first-order valence-electron chi connectivity index (χ1n) is 4.09. The summed E-state index contributed by atoms with van der Waals surface area (Å²) in [4.78, 5) is 1.95. The van der Waals surface area contributed by atoms with E-state index in [1.807, 2.05) is 6.07 Å². The van der Waals surface area contributed by atoms with E-state index < -0.39 is 0 Å². The quantitative estimate of drug-likeness (QED) is 0.603. The average molecular weight is 206 g/mol. The summed E-state index contributed by atoms with van der Waals surface area (Å²) in [6.07, 6.45) is 0. The van der Waals surface area contributed by atoms with Crippen LogP contribution in [0, 0.1) is 6.92 Å². The topological polar surface area (TPSA) is 0 Å². The van der Waals surface area contributed by atoms with Gasteiger partial charge in [-0.1, -0.05) is 23.8 Å². The van der Waals surface area contributed by atoms with E-state index in [4.69, 9.17) is 0 Å². The lowest BCUT2D eigenvalue weighted by atomic mass is 10.1. The third-order valence-corrected chi connectivity index (χ3v) is 2.70. The number of hydrogen-bond donors (Lipinski definition) is 2. The van der Waals surface area contributed by atoms with Crippen molar-refractivity contribution in [2.75, 3.05) is 0 Å². The van der Waals surface area contributed by atoms with Crippen molar-refractivity contribution in [3.8, 4) is 0 Å². The summed E-state index contributed by atoms with van der Waals surface area (Å²) in [5.41, 5.74) is 1.26. The molecule has 0 radical (unpaired) electrons. The van der Waals surface area contributed by atoms with E-state index in [1.165, 1.54) is 16.3 Å². The van der Waals surface area contributed by atoms with Crippen molar-refractivity contribution < 1.29 is 0 Å². The fourth-order valence-corrected chi connectivity index (χ4v) is 2.14. The lowest BCUT2D eigenvalue weighted by Gasteiger charge is -2.03. The van der Waals surface area contributed by atoms with Crippen LogP contribution < -0.4 is 0 Å². The number of fused-ring (bicyclic) bond motifs is 1. The monoisotopic (exact) mass is 206 g/mol. The van der Waals surface area contributed by atoms with E-state index in [0.717, 1.165) is 9.79 Å². The van der Waals surface area contributed by atoms with Gasteiger partial charge < -0.3 is 0 Å². The molecule has 0 fully saturated rings. The van der Waals surface area contributed by atoms with Gasteiger partial charge in [0.1, 0.15) is 0 Å². The minimum atomic E-state index is 0.960. The molecule has 0 saturated heterocycles. The number of thiol groups is 2. The van der Waals surface area contributed by atoms with E-state index >= 15 is 0 Å². The second-order valence-corrected chi connectivity index (χ2v) is 4.19. The van der Waals surface area contributed by atoms with Crippen molar-refractivity contribution in [3.05, 3.63) is 35.9 Å². The maximum Gasteiger partial charge on any atom is 0.0130 e. The number of rotatable bonds is 0. The lowest BCUT2D eigenvalue weighted by molar-refractivity contribution is 1.39. The van der Waals surface area contributed by atoms with Gasteiger partial charge in [-0.15, -0.1) is 25.3 Å². The van der Waals surface area contributed by atoms with E-state index in [0.29, 0.717) is 0 Å². The Morgan fingerprint density at radius 2 is 1.77 bits per heavy atom. The molecule has 0 heterocycles. The van der Waals surface area contributed by atoms with Crippen LogP contribution in [-0.2, 0) is 0 Å². The van der Waals surface area contributed by atoms with Crippen molar-refractivity contribution in [1.82, 2.24) is 0 Å². The Morgan fingerprint density at radius 3 is 2.54 bits per heavy atom. The highest BCUT2D eigenvalue weighted by Gasteiger charge is 1.99. The van der Waals surface area contributed by atoms with Gasteiger partial charge in [-0.2, -0.15) is 0 Å². The van der Waals surface area contributed by atoms with Gasteiger partial charge in [0.05, 0.1) is 0 Å². The number of aryl methyl sites for hydroxylation is 1. The highest BCUT2D eigenvalue weighted by Crippen LogP contribution is 2.26. The highest BCUT2D eigenvalue weighted by molar-refractivity contribution is 7.81. The summed E-state index contributed by atoms with van der Waals surface area (Å²) in [6, 6.07) is 10.4. The third kappa shape index (κ3) is 1.69. The van der Waals surface area contributed by atoms with E-state index in [1.54, 1.807) is 0 Å². The summed E-state index contributed by atoms with van der Waals surface area (Å²) in [5.74, 6) is 0. The van der Waals surface area contributed by atoms with Crippen molar-refractivity contribution in [2.24, 2.45) is 0 Å². The molecule has 66 valence electrons. The van der Waals surface area contributed by atoms with E-state index in [9.17, 15) is 0 Å². The molecule has 2 rings (SSSR count). The second-order valence-electron chi connectivity index (χ2n) is 3.19. The van der Waals surface area contributed by atoms with Gasteiger partial charge >= 0.3 is 0 Å². The molecule has 0 aliphatic rings. The Hall–Kier alpha value is -0.600. The van der Waals surface area contributed by atoms with Crippen molar-refractivity contribution in [2.45, 2.75) is 16.7 Å². The second kappa shape index (κ2) is 3.28. The van der Waals surface area contributed by atoms with Gasteiger partial charge in [-0.25, -0.2) is 0 Å². The van der Waals surface area contributed by atoms with Crippen LogP contribution in [0.3, 0.4) is 0 Å². The third-order valence-electron chi connectivity index (χ3n) is 2.07. The molecule has 13 heavy (non-hydrogen) atoms. The maximum absolute atomic E-state index is 4.42. The largest absolute Gasteiger partial charge is 0.143 e. The smallest absolute Gasteiger partial charge is 0.0130 e. The molecule has 0 amide bonds. The van der Waals surface area contributed by atoms with Crippen LogP contribution in [0.15, 0.2) is 40.1 Å². The molecule has 0 atom stereocenters. The predicted octanol–water partition coefficient (Wildman–Crippen LogP) is 3.73. The van der Waals surface area contributed by atoms with Gasteiger partial charge in [0.25, 0.3) is 0 Å². The number of benzene rings is 2. The Labute approximate surface area is 88.8 Å². The van der Waals surface area contributed by atoms with Crippen LogP contribution in [0.2, 0.25) is 0 Å². The van der Waals surface area contributed by atoms with Gasteiger partial charge in [0, 0.05) is 9.79 Å². The van der Waals surface area contributed by atoms with Crippen molar-refractivity contribution in [1.29, 1.82) is 0 Å². The molecular weight excluding hydrogens is 196 g/mol. The molecule has 0 aliphatic carbocycles. The van der Waals surface area contributed by atoms with E-state index in [-0.39, 0.29) is 0 Å². The highest BCUT2D eigenvalue weighted by atomic mass is 32.1. The predicted molar refractivity (Wildman–Crippen MR) is 63.2 cm³/mol. The zero-order chi connectivity index (χ0) is 9.42. The molecule has 2 heteroatoms. The standard InChI is InChI=1S/C11H10S2/c1-7-2-3-8-5-9(12)6-11(13)10(8)4-7/h2-6,12-13H,1H3. The Morgan fingerprint density at radius 1 is 1.00 bits per heavy atom. The van der Waals surface area contributed by atoms with Gasteiger partial charge in [0.2, 0.25) is 0 Å². The minimum Gasteiger partial charge on any atom is -0.143 e. The van der Waals surface area contributed by atoms with Crippen molar-refractivity contribution in [3.63, 3.8) is 0 Å². The molecular formula is C11H10S2. The summed E-state index contributed by atoms with van der Waals surface area (Å²) in [6.45, 7) is 2.08. The van der Waals surface area contributed by atoms with Gasteiger partial charge in [-0.3, -0.25) is 0 Å². The molecule has 0 saturated carbocycles. The first kappa shape index (κ1) is 8.97. The van der Waals surface area contributed by atoms with Crippen LogP contribution in [0.5, 0.6) is 0 Å². The first-order chi connectivity index (χ1) is 6.16. The normalized spacial score (nSPS) is 10.7. The summed E-state index contributed by atoms with van der Waals surface area (Å²) in [5, 5.41) is 2.39. The van der Waals surface area contributed by atoms with Crippen LogP contribution in [0.4, 0.5) is 0 Å². The Kier molecular flexibility index (Phi) is 2.26. The van der Waals surface area contributed by atoms with Crippen molar-refractivity contribution >= 4 is 36.0 Å². The van der Waals surface area contributed by atoms with Gasteiger partial charge in [0.15, 0.2) is 0 Å². The molecule has 2 aromatic rings. The zero-order valence-electron chi connectivity index (χ0n) is 7.28. The van der Waals surface area contributed by atoms with Crippen LogP contribution >= 0.6 is 25.3 Å². The van der Waals surface area contributed by atoms with Crippen LogP contribution in [0.1, 0.15) is 5.56 Å². The SMILES string of the molecule is Cc1ccc2cc(S)cc(S)c2c1. The fourth-order valence-electron chi connectivity index (χ4n) is 1.44. The average Bonchev–Trinajstić information content (AvgIpc) is 2.06. The Balaban J connectivity index is 2.87. The minimum absolute atomic E-state index is 0.960. The van der Waals surface area contributed by atoms with E-state index in [2.05, 4.69) is 56.4 Å². The van der Waals surface area contributed by atoms with Crippen LogP contribution in [-0.4, -0.2) is 0 Å². The molecule has 0 bridgehead atoms. The fraction of sp³-hybridized carbons (Fsp3) is 0.0909. The molecule has 0 aliphatic heterocycles. The molecule has 0 aromatic heterocycles. The number of hydrogen-bond acceptors (Lipinski definition) is 2. The molecule has 0 spiro atoms. The molecule has 0 unspecified atom stereocenters. The maximum atomic E-state index is 4.42. The first-order valence-corrected chi connectivity index (χ1v) is 4.98. The summed E-state index contributed by atoms with van der Waals surface area (Å²) in [7, 11) is 0. The zero-order valence-corrected chi connectivity index (χ0v) is 9.07. The summed E-state index contributed by atoms with van der Waals surface area (Å²) < 4.78 is 0. The molecule has 0 N–H and O–H groups in total. The lowest BCUT2D eigenvalue weighted by Crippen LogP contribution is -1.78. The summed E-state index contributed by atoms with van der Waals surface area (Å²) >= 11 is 8.73. The Bertz CT molecular complexity index is 461. The molecule has 0 nitrogen and oxygen atoms in total.